The molecular weight excluding hydrogens is 285 g/mol. The van der Waals surface area contributed by atoms with Crippen LogP contribution in [0.2, 0.25) is 5.02 Å². The fourth-order valence-corrected chi connectivity index (χ4v) is 3.53. The Morgan fingerprint density at radius 1 is 1.14 bits per heavy atom. The summed E-state index contributed by atoms with van der Waals surface area (Å²) >= 11 is 6.13. The van der Waals surface area contributed by atoms with Gasteiger partial charge in [0.1, 0.15) is 5.82 Å². The van der Waals surface area contributed by atoms with Gasteiger partial charge in [0.25, 0.3) is 0 Å². The van der Waals surface area contributed by atoms with Crippen LogP contribution in [0.3, 0.4) is 0 Å². The Kier molecular flexibility index (Phi) is 4.27. The maximum absolute atomic E-state index is 13.7. The van der Waals surface area contributed by atoms with Crippen molar-refractivity contribution < 1.29 is 4.39 Å². The Hall–Kier alpha value is -1.38. The summed E-state index contributed by atoms with van der Waals surface area (Å²) in [5.74, 6) is 0.511. The molecule has 1 fully saturated rings. The quantitative estimate of drug-likeness (QED) is 0.851. The number of aryl methyl sites for hydroxylation is 1. The molecule has 0 aliphatic carbocycles. The van der Waals surface area contributed by atoms with Crippen molar-refractivity contribution in [1.82, 2.24) is 5.32 Å². The van der Waals surface area contributed by atoms with Gasteiger partial charge in [-0.2, -0.15) is 0 Å². The highest BCUT2D eigenvalue weighted by atomic mass is 35.5. The Morgan fingerprint density at radius 3 is 2.81 bits per heavy atom. The highest BCUT2D eigenvalue weighted by Crippen LogP contribution is 2.39. The van der Waals surface area contributed by atoms with E-state index >= 15 is 0 Å². The van der Waals surface area contributed by atoms with Crippen LogP contribution in [0.15, 0.2) is 42.5 Å². The van der Waals surface area contributed by atoms with Crippen molar-refractivity contribution >= 4 is 11.6 Å². The summed E-state index contributed by atoms with van der Waals surface area (Å²) in [5.41, 5.74) is 3.51. The monoisotopic (exact) mass is 303 g/mol. The maximum Gasteiger partial charge on any atom is 0.123 e. The summed E-state index contributed by atoms with van der Waals surface area (Å²) in [7, 11) is 0. The molecule has 1 N–H and O–H groups in total. The Morgan fingerprint density at radius 2 is 2.00 bits per heavy atom. The summed E-state index contributed by atoms with van der Waals surface area (Å²) in [4.78, 5) is 0. The van der Waals surface area contributed by atoms with Gasteiger partial charge in [0, 0.05) is 17.5 Å². The van der Waals surface area contributed by atoms with E-state index in [2.05, 4.69) is 18.3 Å². The number of rotatable bonds is 2. The molecule has 1 saturated heterocycles. The first kappa shape index (κ1) is 14.6. The van der Waals surface area contributed by atoms with E-state index in [0.717, 1.165) is 35.7 Å². The molecule has 2 unspecified atom stereocenters. The standard InChI is InChI=1S/C18H19ClFN/c1-12-5-6-15(20)10-17(12)16-7-8-21-11-18(16)13-3-2-4-14(19)9-13/h2-6,9-10,16,18,21H,7-8,11H2,1H3. The second kappa shape index (κ2) is 6.17. The SMILES string of the molecule is Cc1ccc(F)cc1C1CCNCC1c1cccc(Cl)c1. The van der Waals surface area contributed by atoms with E-state index in [4.69, 9.17) is 11.6 Å². The summed E-state index contributed by atoms with van der Waals surface area (Å²) in [6.45, 7) is 3.94. The lowest BCUT2D eigenvalue weighted by Gasteiger charge is -2.34. The number of benzene rings is 2. The Labute approximate surface area is 130 Å². The fraction of sp³-hybridized carbons (Fsp3) is 0.333. The molecule has 0 radical (unpaired) electrons. The lowest BCUT2D eigenvalue weighted by atomic mass is 9.76. The Balaban J connectivity index is 2.00. The van der Waals surface area contributed by atoms with Gasteiger partial charge < -0.3 is 5.32 Å². The smallest absolute Gasteiger partial charge is 0.123 e. The average Bonchev–Trinajstić information content (AvgIpc) is 2.50. The molecule has 3 rings (SSSR count). The lowest BCUT2D eigenvalue weighted by molar-refractivity contribution is 0.402. The minimum Gasteiger partial charge on any atom is -0.316 e. The molecule has 1 aliphatic heterocycles. The zero-order valence-electron chi connectivity index (χ0n) is 12.1. The van der Waals surface area contributed by atoms with Gasteiger partial charge in [0.2, 0.25) is 0 Å². The summed E-state index contributed by atoms with van der Waals surface area (Å²) < 4.78 is 13.7. The summed E-state index contributed by atoms with van der Waals surface area (Å²) in [5, 5.41) is 4.21. The van der Waals surface area contributed by atoms with Crippen molar-refractivity contribution in [3.63, 3.8) is 0 Å². The van der Waals surface area contributed by atoms with Crippen molar-refractivity contribution in [1.29, 1.82) is 0 Å². The minimum absolute atomic E-state index is 0.154. The van der Waals surface area contributed by atoms with E-state index in [-0.39, 0.29) is 5.82 Å². The van der Waals surface area contributed by atoms with Gasteiger partial charge in [-0.3, -0.25) is 0 Å². The molecule has 0 saturated carbocycles. The molecule has 3 heteroatoms. The zero-order chi connectivity index (χ0) is 14.8. The Bertz CT molecular complexity index is 641. The first-order chi connectivity index (χ1) is 10.1. The van der Waals surface area contributed by atoms with Crippen LogP contribution < -0.4 is 5.32 Å². The predicted octanol–water partition coefficient (Wildman–Crippen LogP) is 4.65. The minimum atomic E-state index is -0.154. The zero-order valence-corrected chi connectivity index (χ0v) is 12.8. The van der Waals surface area contributed by atoms with E-state index in [0.29, 0.717) is 11.8 Å². The average molecular weight is 304 g/mol. The highest BCUT2D eigenvalue weighted by Gasteiger charge is 2.29. The van der Waals surface area contributed by atoms with Crippen LogP contribution in [0.25, 0.3) is 0 Å². The fourth-order valence-electron chi connectivity index (χ4n) is 3.33. The molecule has 2 aromatic rings. The summed E-state index contributed by atoms with van der Waals surface area (Å²) in [6.07, 6.45) is 1.02. The van der Waals surface area contributed by atoms with Crippen LogP contribution in [0.4, 0.5) is 4.39 Å². The molecule has 1 aliphatic rings. The van der Waals surface area contributed by atoms with Gasteiger partial charge in [-0.1, -0.05) is 29.8 Å². The molecule has 0 aromatic heterocycles. The van der Waals surface area contributed by atoms with Gasteiger partial charge in [-0.25, -0.2) is 4.39 Å². The van der Waals surface area contributed by atoms with Crippen molar-refractivity contribution in [3.05, 3.63) is 70.0 Å². The van der Waals surface area contributed by atoms with Crippen molar-refractivity contribution in [3.8, 4) is 0 Å². The molecule has 21 heavy (non-hydrogen) atoms. The van der Waals surface area contributed by atoms with E-state index in [1.807, 2.05) is 24.3 Å². The third kappa shape index (κ3) is 3.12. The number of halogens is 2. The molecule has 1 heterocycles. The normalized spacial score (nSPS) is 22.2. The molecule has 110 valence electrons. The van der Waals surface area contributed by atoms with Crippen LogP contribution in [-0.4, -0.2) is 13.1 Å². The van der Waals surface area contributed by atoms with Crippen LogP contribution in [-0.2, 0) is 0 Å². The largest absolute Gasteiger partial charge is 0.316 e. The van der Waals surface area contributed by atoms with E-state index < -0.39 is 0 Å². The number of piperidine rings is 1. The third-order valence-electron chi connectivity index (χ3n) is 4.40. The van der Waals surface area contributed by atoms with Gasteiger partial charge >= 0.3 is 0 Å². The molecule has 2 atom stereocenters. The second-order valence-corrected chi connectivity index (χ2v) is 6.20. The van der Waals surface area contributed by atoms with Crippen molar-refractivity contribution in [2.24, 2.45) is 0 Å². The molecule has 1 nitrogen and oxygen atoms in total. The number of nitrogens with one attached hydrogen (secondary N) is 1. The molecular formula is C18H19ClFN. The van der Waals surface area contributed by atoms with Crippen LogP contribution in [0.5, 0.6) is 0 Å². The van der Waals surface area contributed by atoms with Crippen molar-refractivity contribution in [2.45, 2.75) is 25.2 Å². The van der Waals surface area contributed by atoms with Gasteiger partial charge in [-0.15, -0.1) is 0 Å². The second-order valence-electron chi connectivity index (χ2n) is 5.76. The summed E-state index contributed by atoms with van der Waals surface area (Å²) in [6, 6.07) is 13.1. The molecule has 0 amide bonds. The number of hydrogen-bond acceptors (Lipinski definition) is 1. The van der Waals surface area contributed by atoms with Crippen LogP contribution in [0.1, 0.15) is 34.9 Å². The van der Waals surface area contributed by atoms with Crippen molar-refractivity contribution in [2.75, 3.05) is 13.1 Å². The maximum atomic E-state index is 13.7. The highest BCUT2D eigenvalue weighted by molar-refractivity contribution is 6.30. The lowest BCUT2D eigenvalue weighted by Crippen LogP contribution is -2.34. The van der Waals surface area contributed by atoms with Gasteiger partial charge in [0.15, 0.2) is 0 Å². The van der Waals surface area contributed by atoms with Crippen LogP contribution >= 0.6 is 11.6 Å². The number of hydrogen-bond donors (Lipinski definition) is 1. The van der Waals surface area contributed by atoms with Gasteiger partial charge in [-0.05, 0) is 66.8 Å². The topological polar surface area (TPSA) is 12.0 Å². The van der Waals surface area contributed by atoms with E-state index in [1.54, 1.807) is 6.07 Å². The predicted molar refractivity (Wildman–Crippen MR) is 85.6 cm³/mol. The molecule has 0 bridgehead atoms. The van der Waals surface area contributed by atoms with E-state index in [9.17, 15) is 4.39 Å². The molecule has 2 aromatic carbocycles. The first-order valence-electron chi connectivity index (χ1n) is 7.37. The third-order valence-corrected chi connectivity index (χ3v) is 4.63. The van der Waals surface area contributed by atoms with Gasteiger partial charge in [0.05, 0.1) is 0 Å². The van der Waals surface area contributed by atoms with E-state index in [1.165, 1.54) is 11.6 Å². The first-order valence-corrected chi connectivity index (χ1v) is 7.75. The molecule has 0 spiro atoms. The van der Waals surface area contributed by atoms with Crippen LogP contribution in [0, 0.1) is 12.7 Å².